The zero-order valence-corrected chi connectivity index (χ0v) is 19.8. The van der Waals surface area contributed by atoms with Gasteiger partial charge < -0.3 is 5.11 Å². The van der Waals surface area contributed by atoms with Gasteiger partial charge in [0.2, 0.25) is 0 Å². The minimum absolute atomic E-state index is 0.779. The highest BCUT2D eigenvalue weighted by Gasteiger charge is 2.32. The summed E-state index contributed by atoms with van der Waals surface area (Å²) < 4.78 is 0. The molecule has 1 N–H and O–H groups in total. The van der Waals surface area contributed by atoms with Crippen LogP contribution < -0.4 is 0 Å². The smallest absolute Gasteiger partial charge is 0.341 e. The van der Waals surface area contributed by atoms with Gasteiger partial charge in [0.15, 0.2) is 0 Å². The van der Waals surface area contributed by atoms with Gasteiger partial charge in [-0.3, -0.25) is 0 Å². The van der Waals surface area contributed by atoms with Crippen LogP contribution in [0.4, 0.5) is 0 Å². The Balaban J connectivity index is 1.62. The van der Waals surface area contributed by atoms with Gasteiger partial charge in [0.1, 0.15) is 5.60 Å². The third kappa shape index (κ3) is 7.82. The van der Waals surface area contributed by atoms with E-state index < -0.39 is 11.6 Å². The molecule has 0 fully saturated rings. The molecule has 0 bridgehead atoms. The Morgan fingerprint density at radius 2 is 1.23 bits per heavy atom. The first-order valence-electron chi connectivity index (χ1n) is 9.29. The van der Waals surface area contributed by atoms with Crippen LogP contribution in [0.25, 0.3) is 0 Å². The standard InChI is InChI=1S/C19H27Cl3OS2Si/c20-26(21,22)16-8-6-4-2-1-3-5-7-13-19(23,17-11-9-14-24-17)18-12-10-15-25-18/h9-12,14-15,23H,1-8,13,16H2. The molecule has 7 heteroatoms. The first kappa shape index (κ1) is 22.7. The van der Waals surface area contributed by atoms with Crippen molar-refractivity contribution in [1.82, 2.24) is 0 Å². The fourth-order valence-electron chi connectivity index (χ4n) is 3.16. The van der Waals surface area contributed by atoms with Crippen LogP contribution in [0.1, 0.15) is 67.5 Å². The normalized spacial score (nSPS) is 12.6. The Kier molecular flexibility index (Phi) is 10.0. The summed E-state index contributed by atoms with van der Waals surface area (Å²) in [7, 11) is 0. The summed E-state index contributed by atoms with van der Waals surface area (Å²) in [5.41, 5.74) is -0.816. The second-order valence-electron chi connectivity index (χ2n) is 6.76. The van der Waals surface area contributed by atoms with Crippen molar-refractivity contribution in [3.63, 3.8) is 0 Å². The molecule has 0 radical (unpaired) electrons. The van der Waals surface area contributed by atoms with Crippen LogP contribution in [0.2, 0.25) is 6.04 Å². The van der Waals surface area contributed by atoms with Gasteiger partial charge in [-0.05, 0) is 41.8 Å². The average molecular weight is 470 g/mol. The van der Waals surface area contributed by atoms with E-state index in [4.69, 9.17) is 33.2 Å². The van der Waals surface area contributed by atoms with Gasteiger partial charge in [0, 0.05) is 9.75 Å². The predicted octanol–water partition coefficient (Wildman–Crippen LogP) is 8.21. The van der Waals surface area contributed by atoms with Crippen molar-refractivity contribution in [2.75, 3.05) is 0 Å². The molecule has 0 aliphatic heterocycles. The van der Waals surface area contributed by atoms with Crippen LogP contribution in [0, 0.1) is 0 Å². The highest BCUT2D eigenvalue weighted by molar-refractivity contribution is 7.64. The topological polar surface area (TPSA) is 20.2 Å². The molecule has 0 saturated carbocycles. The Morgan fingerprint density at radius 3 is 1.65 bits per heavy atom. The molecule has 26 heavy (non-hydrogen) atoms. The van der Waals surface area contributed by atoms with Crippen LogP contribution in [0.15, 0.2) is 35.0 Å². The third-order valence-corrected chi connectivity index (χ3v) is 9.27. The molecular weight excluding hydrogens is 443 g/mol. The summed E-state index contributed by atoms with van der Waals surface area (Å²) in [6, 6.07) is 6.49. The summed E-state index contributed by atoms with van der Waals surface area (Å²) in [6.07, 6.45) is 10.2. The maximum atomic E-state index is 11.3. The van der Waals surface area contributed by atoms with Crippen molar-refractivity contribution in [3.8, 4) is 0 Å². The molecule has 2 heterocycles. The van der Waals surface area contributed by atoms with Crippen LogP contribution in [-0.4, -0.2) is 11.1 Å². The lowest BCUT2D eigenvalue weighted by atomic mass is 9.92. The first-order valence-corrected chi connectivity index (χ1v) is 16.3. The molecule has 2 rings (SSSR count). The molecular formula is C19H27Cl3OS2Si. The molecule has 0 amide bonds. The van der Waals surface area contributed by atoms with E-state index in [1.807, 2.05) is 35.0 Å². The molecule has 1 nitrogen and oxygen atoms in total. The molecule has 0 aliphatic rings. The van der Waals surface area contributed by atoms with Crippen molar-refractivity contribution in [3.05, 3.63) is 44.8 Å². The van der Waals surface area contributed by atoms with Crippen molar-refractivity contribution in [2.45, 2.75) is 69.4 Å². The van der Waals surface area contributed by atoms with Gasteiger partial charge in [0.05, 0.1) is 0 Å². The molecule has 0 unspecified atom stereocenters. The summed E-state index contributed by atoms with van der Waals surface area (Å²) in [4.78, 5) is 2.11. The summed E-state index contributed by atoms with van der Waals surface area (Å²) in [6.45, 7) is 0. The number of unbranched alkanes of at least 4 members (excludes halogenated alkanes) is 7. The molecule has 0 atom stereocenters. The number of hydrogen-bond donors (Lipinski definition) is 1. The van der Waals surface area contributed by atoms with E-state index in [1.165, 1.54) is 32.1 Å². The molecule has 2 aromatic rings. The number of thiophene rings is 2. The molecule has 0 saturated heterocycles. The van der Waals surface area contributed by atoms with Gasteiger partial charge >= 0.3 is 6.00 Å². The van der Waals surface area contributed by atoms with Crippen LogP contribution in [0.3, 0.4) is 0 Å². The van der Waals surface area contributed by atoms with E-state index in [9.17, 15) is 5.11 Å². The Bertz CT molecular complexity index is 563. The molecule has 0 spiro atoms. The van der Waals surface area contributed by atoms with E-state index in [-0.39, 0.29) is 0 Å². The molecule has 0 aliphatic carbocycles. The minimum Gasteiger partial charge on any atom is -0.379 e. The van der Waals surface area contributed by atoms with Gasteiger partial charge in [-0.1, -0.05) is 57.1 Å². The van der Waals surface area contributed by atoms with Gasteiger partial charge in [0.25, 0.3) is 0 Å². The number of hydrogen-bond acceptors (Lipinski definition) is 3. The fourth-order valence-corrected chi connectivity index (χ4v) is 6.82. The molecule has 0 aromatic carbocycles. The Labute approximate surface area is 180 Å². The van der Waals surface area contributed by atoms with Crippen molar-refractivity contribution in [2.24, 2.45) is 0 Å². The maximum absolute atomic E-state index is 11.3. The zero-order chi connectivity index (χ0) is 18.9. The minimum atomic E-state index is -2.41. The van der Waals surface area contributed by atoms with Crippen LogP contribution in [0.5, 0.6) is 0 Å². The second kappa shape index (κ2) is 11.4. The maximum Gasteiger partial charge on any atom is 0.341 e. The number of halogens is 3. The van der Waals surface area contributed by atoms with Gasteiger partial charge in [-0.25, -0.2) is 0 Å². The second-order valence-corrected chi connectivity index (χ2v) is 17.9. The Morgan fingerprint density at radius 1 is 0.769 bits per heavy atom. The quantitative estimate of drug-likeness (QED) is 0.178. The molecule has 2 aromatic heterocycles. The van der Waals surface area contributed by atoms with Crippen LogP contribution in [-0.2, 0) is 5.60 Å². The summed E-state index contributed by atoms with van der Waals surface area (Å²) in [5.74, 6) is 0. The monoisotopic (exact) mass is 468 g/mol. The van der Waals surface area contributed by atoms with Crippen LogP contribution >= 0.6 is 55.9 Å². The van der Waals surface area contributed by atoms with E-state index in [2.05, 4.69) is 0 Å². The predicted molar refractivity (Wildman–Crippen MR) is 121 cm³/mol. The van der Waals surface area contributed by atoms with E-state index >= 15 is 0 Å². The summed E-state index contributed by atoms with van der Waals surface area (Å²) in [5, 5.41) is 15.4. The number of rotatable bonds is 13. The summed E-state index contributed by atoms with van der Waals surface area (Å²) >= 11 is 21.0. The van der Waals surface area contributed by atoms with Crippen molar-refractivity contribution in [1.29, 1.82) is 0 Å². The molecule has 146 valence electrons. The van der Waals surface area contributed by atoms with E-state index in [0.29, 0.717) is 0 Å². The first-order chi connectivity index (χ1) is 12.4. The lowest BCUT2D eigenvalue weighted by Crippen LogP contribution is -2.24. The van der Waals surface area contributed by atoms with Gasteiger partial charge in [-0.2, -0.15) is 0 Å². The number of aliphatic hydroxyl groups is 1. The Hall–Kier alpha value is 0.447. The largest absolute Gasteiger partial charge is 0.379 e. The lowest BCUT2D eigenvalue weighted by Gasteiger charge is -2.26. The fraction of sp³-hybridized carbons (Fsp3) is 0.579. The average Bonchev–Trinajstić information content (AvgIpc) is 3.29. The van der Waals surface area contributed by atoms with E-state index in [0.717, 1.165) is 41.5 Å². The third-order valence-electron chi connectivity index (χ3n) is 4.61. The van der Waals surface area contributed by atoms with Gasteiger partial charge in [-0.15, -0.1) is 55.9 Å². The SMILES string of the molecule is OC(CCCCCCCCCC[Si](Cl)(Cl)Cl)(c1cccs1)c1cccs1. The highest BCUT2D eigenvalue weighted by Crippen LogP contribution is 2.39. The highest BCUT2D eigenvalue weighted by atomic mass is 35.8. The van der Waals surface area contributed by atoms with E-state index in [1.54, 1.807) is 22.7 Å². The van der Waals surface area contributed by atoms with Crippen molar-refractivity contribution < 1.29 is 5.11 Å². The zero-order valence-electron chi connectivity index (χ0n) is 14.9. The van der Waals surface area contributed by atoms with Crippen molar-refractivity contribution >= 4 is 61.9 Å². The lowest BCUT2D eigenvalue weighted by molar-refractivity contribution is 0.0754.